The summed E-state index contributed by atoms with van der Waals surface area (Å²) in [5.74, 6) is 0.636. The minimum atomic E-state index is 0.618. The SMILES string of the molecule is COCCc1n[c]on1. The van der Waals surface area contributed by atoms with Crippen molar-refractivity contribution in [2.24, 2.45) is 0 Å². The van der Waals surface area contributed by atoms with Crippen LogP contribution in [0.3, 0.4) is 0 Å². The van der Waals surface area contributed by atoms with Crippen LogP contribution in [0.1, 0.15) is 5.82 Å². The highest BCUT2D eigenvalue weighted by Crippen LogP contribution is 1.87. The maximum Gasteiger partial charge on any atom is 0.316 e. The summed E-state index contributed by atoms with van der Waals surface area (Å²) in [5, 5.41) is 3.53. The maximum absolute atomic E-state index is 4.78. The summed E-state index contributed by atoms with van der Waals surface area (Å²) < 4.78 is 9.15. The topological polar surface area (TPSA) is 48.2 Å². The monoisotopic (exact) mass is 127 g/mol. The Morgan fingerprint density at radius 3 is 3.22 bits per heavy atom. The van der Waals surface area contributed by atoms with E-state index in [1.54, 1.807) is 7.11 Å². The highest BCUT2D eigenvalue weighted by Gasteiger charge is 1.95. The molecule has 1 rings (SSSR count). The summed E-state index contributed by atoms with van der Waals surface area (Å²) in [4.78, 5) is 3.67. The van der Waals surface area contributed by atoms with E-state index in [4.69, 9.17) is 4.74 Å². The van der Waals surface area contributed by atoms with Crippen LogP contribution in [0.25, 0.3) is 0 Å². The molecule has 0 aliphatic carbocycles. The third kappa shape index (κ3) is 1.81. The summed E-state index contributed by atoms with van der Waals surface area (Å²) in [6, 6.07) is 0. The van der Waals surface area contributed by atoms with Crippen molar-refractivity contribution in [3.8, 4) is 0 Å². The summed E-state index contributed by atoms with van der Waals surface area (Å²) >= 11 is 0. The van der Waals surface area contributed by atoms with Crippen molar-refractivity contribution in [3.63, 3.8) is 0 Å². The molecule has 0 saturated carbocycles. The van der Waals surface area contributed by atoms with Gasteiger partial charge >= 0.3 is 6.39 Å². The fourth-order valence-electron chi connectivity index (χ4n) is 0.462. The van der Waals surface area contributed by atoms with Gasteiger partial charge in [-0.05, 0) is 0 Å². The molecule has 49 valence electrons. The number of rotatable bonds is 3. The zero-order chi connectivity index (χ0) is 6.53. The van der Waals surface area contributed by atoms with Crippen molar-refractivity contribution in [1.82, 2.24) is 10.1 Å². The molecule has 1 heterocycles. The average molecular weight is 127 g/mol. The predicted molar refractivity (Wildman–Crippen MR) is 28.7 cm³/mol. The number of aromatic nitrogens is 2. The Bertz CT molecular complexity index is 150. The van der Waals surface area contributed by atoms with Gasteiger partial charge in [-0.1, -0.05) is 5.16 Å². The first kappa shape index (κ1) is 6.22. The van der Waals surface area contributed by atoms with E-state index < -0.39 is 0 Å². The fraction of sp³-hybridized carbons (Fsp3) is 0.600. The molecule has 1 radical (unpaired) electrons. The first-order valence-corrected chi connectivity index (χ1v) is 2.61. The minimum absolute atomic E-state index is 0.618. The molecule has 0 aromatic carbocycles. The fourth-order valence-corrected chi connectivity index (χ4v) is 0.462. The lowest BCUT2D eigenvalue weighted by Crippen LogP contribution is -1.95. The number of ether oxygens (including phenoxy) is 1. The van der Waals surface area contributed by atoms with Crippen molar-refractivity contribution in [2.75, 3.05) is 13.7 Å². The van der Waals surface area contributed by atoms with Gasteiger partial charge in [-0.3, -0.25) is 0 Å². The molecule has 4 nitrogen and oxygen atoms in total. The molecule has 1 aromatic heterocycles. The Balaban J connectivity index is 2.30. The van der Waals surface area contributed by atoms with Crippen LogP contribution in [0.4, 0.5) is 0 Å². The summed E-state index contributed by atoms with van der Waals surface area (Å²) in [5.41, 5.74) is 0. The summed E-state index contributed by atoms with van der Waals surface area (Å²) in [7, 11) is 1.63. The summed E-state index contributed by atoms with van der Waals surface area (Å²) in [6.07, 6.45) is 2.93. The molecule has 0 amide bonds. The summed E-state index contributed by atoms with van der Waals surface area (Å²) in [6.45, 7) is 0.618. The quantitative estimate of drug-likeness (QED) is 0.576. The van der Waals surface area contributed by atoms with Gasteiger partial charge in [-0.2, -0.15) is 4.98 Å². The van der Waals surface area contributed by atoms with Crippen LogP contribution < -0.4 is 0 Å². The van der Waals surface area contributed by atoms with Gasteiger partial charge in [0, 0.05) is 13.5 Å². The van der Waals surface area contributed by atoms with Crippen molar-refractivity contribution >= 4 is 0 Å². The molecule has 0 unspecified atom stereocenters. The van der Waals surface area contributed by atoms with Gasteiger partial charge in [0.25, 0.3) is 0 Å². The molecule has 4 heteroatoms. The molecule has 0 aliphatic heterocycles. The minimum Gasteiger partial charge on any atom is -0.384 e. The Hall–Kier alpha value is -0.900. The Morgan fingerprint density at radius 1 is 1.78 bits per heavy atom. The van der Waals surface area contributed by atoms with Gasteiger partial charge in [0.05, 0.1) is 6.61 Å². The van der Waals surface area contributed by atoms with Gasteiger partial charge in [-0.25, -0.2) is 0 Å². The lowest BCUT2D eigenvalue weighted by molar-refractivity contribution is 0.199. The van der Waals surface area contributed by atoms with E-state index in [9.17, 15) is 0 Å². The van der Waals surface area contributed by atoms with Gasteiger partial charge in [0.1, 0.15) is 0 Å². The number of hydrogen-bond acceptors (Lipinski definition) is 4. The zero-order valence-corrected chi connectivity index (χ0v) is 5.13. The Labute approximate surface area is 52.8 Å². The van der Waals surface area contributed by atoms with Gasteiger partial charge in [-0.15, -0.1) is 0 Å². The van der Waals surface area contributed by atoms with Crippen molar-refractivity contribution in [1.29, 1.82) is 0 Å². The van der Waals surface area contributed by atoms with Crippen LogP contribution in [0.2, 0.25) is 0 Å². The van der Waals surface area contributed by atoms with Crippen LogP contribution in [0.5, 0.6) is 0 Å². The largest absolute Gasteiger partial charge is 0.384 e. The highest BCUT2D eigenvalue weighted by molar-refractivity contribution is 4.75. The number of hydrogen-bond donors (Lipinski definition) is 0. The molecule has 0 atom stereocenters. The molecule has 0 saturated heterocycles. The van der Waals surface area contributed by atoms with Crippen molar-refractivity contribution < 1.29 is 9.26 Å². The molecule has 0 aliphatic rings. The second kappa shape index (κ2) is 3.19. The molecule has 0 spiro atoms. The number of nitrogens with zero attached hydrogens (tertiary/aromatic N) is 2. The number of methoxy groups -OCH3 is 1. The predicted octanol–water partition coefficient (Wildman–Crippen LogP) is 0.0587. The molecule has 0 N–H and O–H groups in total. The molecular formula is C5H7N2O2. The van der Waals surface area contributed by atoms with Crippen molar-refractivity contribution in [2.45, 2.75) is 6.42 Å². The molecule has 1 aromatic rings. The lowest BCUT2D eigenvalue weighted by atomic mass is 10.4. The zero-order valence-electron chi connectivity index (χ0n) is 5.13. The average Bonchev–Trinajstić information content (AvgIpc) is 2.34. The highest BCUT2D eigenvalue weighted by atomic mass is 16.5. The first-order chi connectivity index (χ1) is 4.43. The van der Waals surface area contributed by atoms with Gasteiger partial charge in [0.2, 0.25) is 0 Å². The lowest BCUT2D eigenvalue weighted by Gasteiger charge is -1.89. The van der Waals surface area contributed by atoms with E-state index in [0.717, 1.165) is 0 Å². The third-order valence-electron chi connectivity index (χ3n) is 0.896. The van der Waals surface area contributed by atoms with Crippen LogP contribution in [0.15, 0.2) is 4.52 Å². The second-order valence-corrected chi connectivity index (χ2v) is 1.54. The smallest absolute Gasteiger partial charge is 0.316 e. The molecule has 0 bridgehead atoms. The van der Waals surface area contributed by atoms with Crippen LogP contribution in [-0.4, -0.2) is 23.9 Å². The van der Waals surface area contributed by atoms with Crippen LogP contribution in [-0.2, 0) is 11.2 Å². The molecule has 0 fully saturated rings. The van der Waals surface area contributed by atoms with E-state index >= 15 is 0 Å². The molecular weight excluding hydrogens is 120 g/mol. The van der Waals surface area contributed by atoms with E-state index in [2.05, 4.69) is 21.1 Å². The molecule has 9 heavy (non-hydrogen) atoms. The van der Waals surface area contributed by atoms with Crippen LogP contribution >= 0.6 is 0 Å². The van der Waals surface area contributed by atoms with Gasteiger partial charge < -0.3 is 9.26 Å². The maximum atomic E-state index is 4.78. The Kier molecular flexibility index (Phi) is 2.21. The van der Waals surface area contributed by atoms with E-state index in [1.807, 2.05) is 0 Å². The normalized spacial score (nSPS) is 9.89. The van der Waals surface area contributed by atoms with Crippen molar-refractivity contribution in [3.05, 3.63) is 12.2 Å². The van der Waals surface area contributed by atoms with E-state index in [1.165, 1.54) is 0 Å². The van der Waals surface area contributed by atoms with Crippen LogP contribution in [0, 0.1) is 6.39 Å². The standard InChI is InChI=1S/C5H7N2O2/c1-8-3-2-5-6-4-9-7-5/h2-3H2,1H3. The van der Waals surface area contributed by atoms with E-state index in [-0.39, 0.29) is 0 Å². The Morgan fingerprint density at radius 2 is 2.67 bits per heavy atom. The second-order valence-electron chi connectivity index (χ2n) is 1.54. The van der Waals surface area contributed by atoms with Gasteiger partial charge in [0.15, 0.2) is 5.82 Å². The third-order valence-corrected chi connectivity index (χ3v) is 0.896. The first-order valence-electron chi connectivity index (χ1n) is 2.61. The van der Waals surface area contributed by atoms with E-state index in [0.29, 0.717) is 18.9 Å².